The predicted molar refractivity (Wildman–Crippen MR) is 102 cm³/mol. The molecule has 0 spiro atoms. The van der Waals surface area contributed by atoms with Crippen LogP contribution in [0.1, 0.15) is 51.5 Å². The van der Waals surface area contributed by atoms with Gasteiger partial charge in [-0.1, -0.05) is 44.6 Å². The molecule has 0 saturated heterocycles. The van der Waals surface area contributed by atoms with Crippen molar-refractivity contribution in [1.82, 2.24) is 5.32 Å². The smallest absolute Gasteiger partial charge is 0.378 e. The first-order chi connectivity index (χ1) is 12.7. The summed E-state index contributed by atoms with van der Waals surface area (Å²) in [4.78, 5) is 11.6. The summed E-state index contributed by atoms with van der Waals surface area (Å²) in [6.07, 6.45) is -0.859. The van der Waals surface area contributed by atoms with Crippen molar-refractivity contribution in [2.75, 3.05) is 12.3 Å². The van der Waals surface area contributed by atoms with Gasteiger partial charge in [0.1, 0.15) is 5.60 Å². The summed E-state index contributed by atoms with van der Waals surface area (Å²) in [7, 11) is 0. The molecule has 1 rings (SSSR count). The number of aliphatic hydroxyl groups is 1. The molecule has 1 amide bonds. The Hall–Kier alpha value is -1.65. The van der Waals surface area contributed by atoms with E-state index < -0.39 is 17.7 Å². The van der Waals surface area contributed by atoms with Gasteiger partial charge in [0.15, 0.2) is 0 Å². The molecule has 150 valence electrons. The quantitative estimate of drug-likeness (QED) is 0.363. The summed E-state index contributed by atoms with van der Waals surface area (Å²) >= 11 is 1.33. The van der Waals surface area contributed by atoms with Gasteiger partial charge in [-0.3, -0.25) is 4.79 Å². The molecule has 1 unspecified atom stereocenters. The highest BCUT2D eigenvalue weighted by Gasteiger charge is 2.38. The van der Waals surface area contributed by atoms with Crippen LogP contribution in [-0.4, -0.2) is 35.1 Å². The third-order valence-corrected chi connectivity index (χ3v) is 4.79. The van der Waals surface area contributed by atoms with E-state index in [1.165, 1.54) is 11.8 Å². The number of carbonyl (C=O) groups is 1. The normalized spacial score (nSPS) is 13.4. The number of rotatable bonds is 9. The second kappa shape index (κ2) is 11.3. The van der Waals surface area contributed by atoms with Gasteiger partial charge < -0.3 is 10.4 Å². The van der Waals surface area contributed by atoms with Gasteiger partial charge in [-0.2, -0.15) is 13.2 Å². The maximum Gasteiger partial charge on any atom is 0.471 e. The number of amides is 1. The Bertz CT molecular complexity index is 667. The van der Waals surface area contributed by atoms with Crippen molar-refractivity contribution in [3.05, 3.63) is 29.8 Å². The SMILES string of the molecule is CCCCC(O)(C#Cc1cccc(SCCNC(=O)C(F)(F)F)c1)CCC. The Labute approximate surface area is 163 Å². The number of alkyl halides is 3. The van der Waals surface area contributed by atoms with Crippen molar-refractivity contribution in [3.8, 4) is 11.8 Å². The van der Waals surface area contributed by atoms with E-state index in [9.17, 15) is 23.1 Å². The molecular formula is C20H26F3NO2S. The molecule has 1 aromatic carbocycles. The fourth-order valence-corrected chi connectivity index (χ4v) is 3.24. The summed E-state index contributed by atoms with van der Waals surface area (Å²) in [5.74, 6) is 4.39. The molecular weight excluding hydrogens is 375 g/mol. The highest BCUT2D eigenvalue weighted by Crippen LogP contribution is 2.21. The number of thioether (sulfide) groups is 1. The van der Waals surface area contributed by atoms with Gasteiger partial charge in [-0.15, -0.1) is 11.8 Å². The lowest BCUT2D eigenvalue weighted by atomic mass is 9.92. The molecule has 1 aromatic rings. The van der Waals surface area contributed by atoms with Crippen molar-refractivity contribution >= 4 is 17.7 Å². The molecule has 3 nitrogen and oxygen atoms in total. The van der Waals surface area contributed by atoms with Gasteiger partial charge in [0.2, 0.25) is 0 Å². The van der Waals surface area contributed by atoms with E-state index in [1.807, 2.05) is 36.5 Å². The summed E-state index contributed by atoms with van der Waals surface area (Å²) in [6.45, 7) is 4.00. The average molecular weight is 401 g/mol. The van der Waals surface area contributed by atoms with Crippen molar-refractivity contribution in [3.63, 3.8) is 0 Å². The van der Waals surface area contributed by atoms with Crippen LogP contribution >= 0.6 is 11.8 Å². The lowest BCUT2D eigenvalue weighted by molar-refractivity contribution is -0.173. The lowest BCUT2D eigenvalue weighted by Crippen LogP contribution is -2.37. The standard InChI is InChI=1S/C20H26F3NO2S/c1-3-5-11-19(26,10-4-2)12-9-16-7-6-8-17(15-16)27-14-13-24-18(25)20(21,22)23/h6-8,15,26H,3-5,10-11,13-14H2,1-2H3,(H,24,25). The summed E-state index contributed by atoms with van der Waals surface area (Å²) in [5.41, 5.74) is -0.249. The molecule has 0 radical (unpaired) electrons. The Kier molecular flexibility index (Phi) is 9.75. The zero-order chi connectivity index (χ0) is 20.3. The van der Waals surface area contributed by atoms with E-state index in [-0.39, 0.29) is 6.54 Å². The third-order valence-electron chi connectivity index (χ3n) is 3.79. The lowest BCUT2D eigenvalue weighted by Gasteiger charge is -2.21. The minimum Gasteiger partial charge on any atom is -0.378 e. The summed E-state index contributed by atoms with van der Waals surface area (Å²) in [5, 5.41) is 12.5. The van der Waals surface area contributed by atoms with Crippen LogP contribution in [0.25, 0.3) is 0 Å². The number of carbonyl (C=O) groups excluding carboxylic acids is 1. The van der Waals surface area contributed by atoms with Crippen molar-refractivity contribution in [2.24, 2.45) is 0 Å². The van der Waals surface area contributed by atoms with E-state index >= 15 is 0 Å². The van der Waals surface area contributed by atoms with Crippen LogP contribution in [-0.2, 0) is 4.79 Å². The van der Waals surface area contributed by atoms with E-state index in [1.54, 1.807) is 0 Å². The zero-order valence-corrected chi connectivity index (χ0v) is 16.5. The second-order valence-electron chi connectivity index (χ2n) is 6.27. The van der Waals surface area contributed by atoms with E-state index in [2.05, 4.69) is 18.8 Å². The van der Waals surface area contributed by atoms with Gasteiger partial charge in [0.05, 0.1) is 0 Å². The van der Waals surface area contributed by atoms with Crippen LogP contribution in [0, 0.1) is 11.8 Å². The topological polar surface area (TPSA) is 49.3 Å². The van der Waals surface area contributed by atoms with E-state index in [0.717, 1.165) is 29.7 Å². The Morgan fingerprint density at radius 1 is 1.22 bits per heavy atom. The van der Waals surface area contributed by atoms with Gasteiger partial charge in [-0.25, -0.2) is 0 Å². The largest absolute Gasteiger partial charge is 0.471 e. The summed E-state index contributed by atoms with van der Waals surface area (Å²) in [6, 6.07) is 7.30. The van der Waals surface area contributed by atoms with Gasteiger partial charge in [0, 0.05) is 22.8 Å². The predicted octanol–water partition coefficient (Wildman–Crippen LogP) is 4.53. The van der Waals surface area contributed by atoms with Crippen LogP contribution in [0.2, 0.25) is 0 Å². The average Bonchev–Trinajstić information content (AvgIpc) is 2.62. The van der Waals surface area contributed by atoms with Crippen LogP contribution in [0.5, 0.6) is 0 Å². The van der Waals surface area contributed by atoms with Crippen molar-refractivity contribution in [2.45, 2.75) is 62.6 Å². The van der Waals surface area contributed by atoms with Crippen molar-refractivity contribution in [1.29, 1.82) is 0 Å². The minimum atomic E-state index is -4.85. The number of unbranched alkanes of at least 4 members (excludes halogenated alkanes) is 1. The van der Waals surface area contributed by atoms with Crippen molar-refractivity contribution < 1.29 is 23.1 Å². The number of halogens is 3. The molecule has 0 saturated carbocycles. The maximum absolute atomic E-state index is 12.1. The molecule has 0 bridgehead atoms. The molecule has 0 aliphatic heterocycles. The molecule has 0 fully saturated rings. The Balaban J connectivity index is 2.65. The molecule has 1 atom stereocenters. The minimum absolute atomic E-state index is 0.0772. The molecule has 0 aliphatic rings. The van der Waals surface area contributed by atoms with Gasteiger partial charge >= 0.3 is 12.1 Å². The van der Waals surface area contributed by atoms with Crippen LogP contribution in [0.3, 0.4) is 0 Å². The first kappa shape index (κ1) is 23.4. The fourth-order valence-electron chi connectivity index (χ4n) is 2.42. The third kappa shape index (κ3) is 9.21. The monoisotopic (exact) mass is 401 g/mol. The highest BCUT2D eigenvalue weighted by molar-refractivity contribution is 7.99. The first-order valence-corrected chi connectivity index (χ1v) is 10.0. The molecule has 2 N–H and O–H groups in total. The maximum atomic E-state index is 12.1. The summed E-state index contributed by atoms with van der Waals surface area (Å²) < 4.78 is 36.3. The fraction of sp³-hybridized carbons (Fsp3) is 0.550. The number of nitrogens with one attached hydrogen (secondary N) is 1. The molecule has 0 aliphatic carbocycles. The highest BCUT2D eigenvalue weighted by atomic mass is 32.2. The zero-order valence-electron chi connectivity index (χ0n) is 15.7. The Morgan fingerprint density at radius 2 is 1.96 bits per heavy atom. The van der Waals surface area contributed by atoms with E-state index in [4.69, 9.17) is 0 Å². The molecule has 7 heteroatoms. The molecule has 0 aromatic heterocycles. The first-order valence-electron chi connectivity index (χ1n) is 9.03. The van der Waals surface area contributed by atoms with E-state index in [0.29, 0.717) is 18.6 Å². The second-order valence-corrected chi connectivity index (χ2v) is 7.43. The number of hydrogen-bond acceptors (Lipinski definition) is 3. The van der Waals surface area contributed by atoms with Crippen LogP contribution in [0.15, 0.2) is 29.2 Å². The number of hydrogen-bond donors (Lipinski definition) is 2. The molecule has 0 heterocycles. The number of benzene rings is 1. The Morgan fingerprint density at radius 3 is 2.59 bits per heavy atom. The van der Waals surface area contributed by atoms with Gasteiger partial charge in [0.25, 0.3) is 0 Å². The van der Waals surface area contributed by atoms with Crippen LogP contribution < -0.4 is 5.32 Å². The van der Waals surface area contributed by atoms with Crippen LogP contribution in [0.4, 0.5) is 13.2 Å². The van der Waals surface area contributed by atoms with Gasteiger partial charge in [-0.05, 0) is 37.5 Å². The molecule has 27 heavy (non-hydrogen) atoms.